The summed E-state index contributed by atoms with van der Waals surface area (Å²) in [4.78, 5) is 12.6. The molecule has 0 aliphatic rings. The average Bonchev–Trinajstić information content (AvgIpc) is 3.36. The Bertz CT molecular complexity index is 1100. The second kappa shape index (κ2) is 7.63. The van der Waals surface area contributed by atoms with Gasteiger partial charge in [0.2, 0.25) is 5.82 Å². The Kier molecular flexibility index (Phi) is 4.89. The molecule has 4 rings (SSSR count). The lowest BCUT2D eigenvalue weighted by Gasteiger charge is -2.06. The van der Waals surface area contributed by atoms with Crippen LogP contribution in [-0.2, 0) is 6.54 Å². The minimum absolute atomic E-state index is 0.0541. The summed E-state index contributed by atoms with van der Waals surface area (Å²) in [5.41, 5.74) is 0.697. The van der Waals surface area contributed by atoms with Crippen LogP contribution in [0.5, 0.6) is 0 Å². The largest absolute Gasteiger partial charge is 0.461 e. The summed E-state index contributed by atoms with van der Waals surface area (Å²) in [6, 6.07) is 17.4. The molecule has 0 aliphatic heterocycles. The van der Waals surface area contributed by atoms with Gasteiger partial charge < -0.3 is 4.42 Å². The molecule has 0 bridgehead atoms. The summed E-state index contributed by atoms with van der Waals surface area (Å²) in [6.07, 6.45) is 3.36. The highest BCUT2D eigenvalue weighted by atomic mass is 32.2. The Hall–Kier alpha value is -3.12. The highest BCUT2D eigenvalue weighted by molar-refractivity contribution is 7.99. The van der Waals surface area contributed by atoms with Crippen LogP contribution in [0.25, 0.3) is 22.4 Å². The van der Waals surface area contributed by atoms with Gasteiger partial charge in [-0.25, -0.2) is 0 Å². The first-order chi connectivity index (χ1) is 13.3. The van der Waals surface area contributed by atoms with E-state index in [0.717, 1.165) is 10.8 Å². The average molecular weight is 375 g/mol. The Morgan fingerprint density at radius 1 is 1.11 bits per heavy atom. The molecule has 2 aromatic heterocycles. The molecule has 2 aromatic carbocycles. The van der Waals surface area contributed by atoms with E-state index in [1.807, 2.05) is 53.1 Å². The van der Waals surface area contributed by atoms with Crippen molar-refractivity contribution in [3.8, 4) is 11.6 Å². The highest BCUT2D eigenvalue weighted by Crippen LogP contribution is 2.25. The molecule has 0 fully saturated rings. The summed E-state index contributed by atoms with van der Waals surface area (Å²) in [5, 5.41) is 11.3. The molecule has 6 heteroatoms. The molecule has 0 spiro atoms. The minimum Gasteiger partial charge on any atom is -0.461 e. The number of aromatic nitrogens is 3. The molecule has 5 nitrogen and oxygen atoms in total. The van der Waals surface area contributed by atoms with Crippen LogP contribution in [0, 0.1) is 0 Å². The molecule has 27 heavy (non-hydrogen) atoms. The van der Waals surface area contributed by atoms with Crippen LogP contribution in [-0.4, -0.2) is 26.3 Å². The number of furan rings is 1. The van der Waals surface area contributed by atoms with Crippen molar-refractivity contribution < 1.29 is 9.21 Å². The Labute approximate surface area is 160 Å². The van der Waals surface area contributed by atoms with E-state index in [2.05, 4.69) is 16.8 Å². The van der Waals surface area contributed by atoms with Crippen LogP contribution in [0.15, 0.2) is 83.1 Å². The molecule has 0 aliphatic carbocycles. The zero-order chi connectivity index (χ0) is 18.6. The lowest BCUT2D eigenvalue weighted by Crippen LogP contribution is -2.05. The first-order valence-corrected chi connectivity index (χ1v) is 9.47. The van der Waals surface area contributed by atoms with Crippen molar-refractivity contribution in [3.05, 3.63) is 79.1 Å². The van der Waals surface area contributed by atoms with E-state index in [4.69, 9.17) is 4.42 Å². The van der Waals surface area contributed by atoms with Crippen LogP contribution in [0.3, 0.4) is 0 Å². The summed E-state index contributed by atoms with van der Waals surface area (Å²) in [7, 11) is 0. The van der Waals surface area contributed by atoms with Crippen molar-refractivity contribution in [2.45, 2.75) is 11.7 Å². The Balaban J connectivity index is 1.54. The van der Waals surface area contributed by atoms with E-state index in [0.29, 0.717) is 28.8 Å². The molecule has 4 aromatic rings. The van der Waals surface area contributed by atoms with Gasteiger partial charge in [0.05, 0.1) is 12.0 Å². The third-order valence-electron chi connectivity index (χ3n) is 4.17. The fourth-order valence-electron chi connectivity index (χ4n) is 2.85. The molecule has 0 amide bonds. The molecule has 2 heterocycles. The number of nitrogens with zero attached hydrogens (tertiary/aromatic N) is 3. The number of hydrogen-bond acceptors (Lipinski definition) is 5. The van der Waals surface area contributed by atoms with Crippen LogP contribution >= 0.6 is 11.8 Å². The quantitative estimate of drug-likeness (QED) is 0.262. The van der Waals surface area contributed by atoms with Gasteiger partial charge in [-0.2, -0.15) is 0 Å². The van der Waals surface area contributed by atoms with Gasteiger partial charge in [0, 0.05) is 12.1 Å². The van der Waals surface area contributed by atoms with Crippen molar-refractivity contribution in [1.82, 2.24) is 14.8 Å². The van der Waals surface area contributed by atoms with Gasteiger partial charge in [0.1, 0.15) is 0 Å². The van der Waals surface area contributed by atoms with Gasteiger partial charge in [-0.05, 0) is 29.0 Å². The number of fused-ring (bicyclic) bond motifs is 1. The number of hydrogen-bond donors (Lipinski definition) is 0. The smallest absolute Gasteiger partial charge is 0.200 e. The van der Waals surface area contributed by atoms with Crippen LogP contribution in [0.4, 0.5) is 0 Å². The molecule has 0 radical (unpaired) electrons. The number of ketones is 1. The maximum Gasteiger partial charge on any atom is 0.200 e. The second-order valence-corrected chi connectivity index (χ2v) is 6.90. The molecule has 0 saturated carbocycles. The van der Waals surface area contributed by atoms with Gasteiger partial charge in [-0.15, -0.1) is 16.8 Å². The normalized spacial score (nSPS) is 11.0. The van der Waals surface area contributed by atoms with Gasteiger partial charge in [0.15, 0.2) is 16.7 Å². The van der Waals surface area contributed by atoms with Crippen molar-refractivity contribution in [2.24, 2.45) is 0 Å². The summed E-state index contributed by atoms with van der Waals surface area (Å²) in [5.74, 6) is 1.60. The molecule has 0 N–H and O–H groups in total. The number of carbonyl (C=O) groups excluding carboxylic acids is 1. The number of benzene rings is 2. The number of rotatable bonds is 7. The third kappa shape index (κ3) is 3.57. The lowest BCUT2D eigenvalue weighted by atomic mass is 10.1. The Morgan fingerprint density at radius 3 is 2.74 bits per heavy atom. The van der Waals surface area contributed by atoms with Crippen molar-refractivity contribution in [2.75, 3.05) is 5.75 Å². The monoisotopic (exact) mass is 375 g/mol. The molecule has 134 valence electrons. The van der Waals surface area contributed by atoms with Crippen LogP contribution < -0.4 is 0 Å². The SMILES string of the molecule is C=CCn1c(SCC(=O)c2ccc3ccccc3c2)nnc1-c1ccco1. The van der Waals surface area contributed by atoms with Gasteiger partial charge >= 0.3 is 0 Å². The van der Waals surface area contributed by atoms with E-state index < -0.39 is 0 Å². The van der Waals surface area contributed by atoms with Crippen molar-refractivity contribution in [1.29, 1.82) is 0 Å². The van der Waals surface area contributed by atoms with E-state index in [1.54, 1.807) is 18.4 Å². The van der Waals surface area contributed by atoms with Gasteiger partial charge in [0.25, 0.3) is 0 Å². The third-order valence-corrected chi connectivity index (χ3v) is 5.14. The number of Topliss-reactive ketones (excluding diaryl/α,β-unsaturated/α-hetero) is 1. The topological polar surface area (TPSA) is 60.9 Å². The second-order valence-electron chi connectivity index (χ2n) is 5.96. The molecule has 0 atom stereocenters. The fourth-order valence-corrected chi connectivity index (χ4v) is 3.70. The lowest BCUT2D eigenvalue weighted by molar-refractivity contribution is 0.102. The predicted octanol–water partition coefficient (Wildman–Crippen LogP) is 4.85. The predicted molar refractivity (Wildman–Crippen MR) is 107 cm³/mol. The highest BCUT2D eigenvalue weighted by Gasteiger charge is 2.17. The summed E-state index contributed by atoms with van der Waals surface area (Å²) in [6.45, 7) is 4.32. The molecule has 0 unspecified atom stereocenters. The van der Waals surface area contributed by atoms with Crippen molar-refractivity contribution >= 4 is 28.3 Å². The van der Waals surface area contributed by atoms with E-state index >= 15 is 0 Å². The summed E-state index contributed by atoms with van der Waals surface area (Å²) >= 11 is 1.36. The van der Waals surface area contributed by atoms with Gasteiger partial charge in [-0.3, -0.25) is 9.36 Å². The molecular formula is C21H17N3O2S. The van der Waals surface area contributed by atoms with E-state index in [-0.39, 0.29) is 11.5 Å². The Morgan fingerprint density at radius 2 is 1.96 bits per heavy atom. The van der Waals surface area contributed by atoms with Gasteiger partial charge in [-0.1, -0.05) is 54.2 Å². The first-order valence-electron chi connectivity index (χ1n) is 8.49. The van der Waals surface area contributed by atoms with E-state index in [1.165, 1.54) is 11.8 Å². The molecular weight excluding hydrogens is 358 g/mol. The first kappa shape index (κ1) is 17.3. The summed E-state index contributed by atoms with van der Waals surface area (Å²) < 4.78 is 7.31. The van der Waals surface area contributed by atoms with Crippen LogP contribution in [0.1, 0.15) is 10.4 Å². The fraction of sp³-hybridized carbons (Fsp3) is 0.0952. The maximum atomic E-state index is 12.6. The van der Waals surface area contributed by atoms with Crippen LogP contribution in [0.2, 0.25) is 0 Å². The van der Waals surface area contributed by atoms with Crippen molar-refractivity contribution in [3.63, 3.8) is 0 Å². The number of allylic oxidation sites excluding steroid dienone is 1. The zero-order valence-corrected chi connectivity index (χ0v) is 15.4. The number of thioether (sulfide) groups is 1. The molecule has 0 saturated heterocycles. The number of carbonyl (C=O) groups is 1. The minimum atomic E-state index is 0.0541. The van der Waals surface area contributed by atoms with E-state index in [9.17, 15) is 4.79 Å². The maximum absolute atomic E-state index is 12.6. The standard InChI is InChI=1S/C21H17N3O2S/c1-2-11-24-20(19-8-5-12-26-19)22-23-21(24)27-14-18(25)17-10-9-15-6-3-4-7-16(15)13-17/h2-10,12-13H,1,11,14H2. The zero-order valence-electron chi connectivity index (χ0n) is 14.5.